The third kappa shape index (κ3) is 1.95. The maximum atomic E-state index is 11.4. The third-order valence-electron chi connectivity index (χ3n) is 2.48. The molecule has 2 heteroatoms. The van der Waals surface area contributed by atoms with Crippen molar-refractivity contribution in [2.75, 3.05) is 14.1 Å². The van der Waals surface area contributed by atoms with E-state index in [0.29, 0.717) is 11.8 Å². The van der Waals surface area contributed by atoms with Crippen LogP contribution in [0.1, 0.15) is 26.2 Å². The van der Waals surface area contributed by atoms with E-state index in [1.165, 1.54) is 6.42 Å². The number of hydrogen-bond acceptors (Lipinski definition) is 1. The summed E-state index contributed by atoms with van der Waals surface area (Å²) in [5.41, 5.74) is 0. The Balaban J connectivity index is 2.43. The second kappa shape index (κ2) is 3.24. The Bertz CT molecular complexity index is 154. The molecule has 0 aromatic rings. The highest BCUT2D eigenvalue weighted by Gasteiger charge is 2.27. The van der Waals surface area contributed by atoms with Crippen LogP contribution in [0.5, 0.6) is 0 Å². The van der Waals surface area contributed by atoms with E-state index in [1.807, 2.05) is 14.1 Å². The maximum absolute atomic E-state index is 11.4. The fraction of sp³-hybridized carbons (Fsp3) is 0.889. The fourth-order valence-electron chi connectivity index (χ4n) is 1.80. The zero-order chi connectivity index (χ0) is 8.43. The van der Waals surface area contributed by atoms with Crippen LogP contribution in [-0.4, -0.2) is 24.9 Å². The third-order valence-corrected chi connectivity index (χ3v) is 2.48. The summed E-state index contributed by atoms with van der Waals surface area (Å²) in [7, 11) is 3.68. The van der Waals surface area contributed by atoms with Gasteiger partial charge in [-0.3, -0.25) is 4.79 Å². The molecule has 1 aliphatic rings. The minimum atomic E-state index is 0.314. The lowest BCUT2D eigenvalue weighted by Crippen LogP contribution is -2.28. The highest BCUT2D eigenvalue weighted by Crippen LogP contribution is 2.30. The standard InChI is InChI=1S/C9H17NO/c1-7-4-5-8(6-7)9(11)10(2)3/h7-8H,4-6H2,1-3H3/t7-,8?/m0/s1. The number of carbonyl (C=O) groups is 1. The van der Waals surface area contributed by atoms with Gasteiger partial charge in [0.15, 0.2) is 0 Å². The van der Waals surface area contributed by atoms with Crippen LogP contribution in [0.15, 0.2) is 0 Å². The van der Waals surface area contributed by atoms with Crippen LogP contribution in [0.2, 0.25) is 0 Å². The Morgan fingerprint density at radius 2 is 2.00 bits per heavy atom. The Hall–Kier alpha value is -0.530. The normalized spacial score (nSPS) is 30.5. The molecule has 0 radical (unpaired) electrons. The number of carbonyl (C=O) groups excluding carboxylic acids is 1. The van der Waals surface area contributed by atoms with E-state index in [9.17, 15) is 4.79 Å². The molecule has 2 atom stereocenters. The lowest BCUT2D eigenvalue weighted by Gasteiger charge is -2.15. The summed E-state index contributed by atoms with van der Waals surface area (Å²) in [6.45, 7) is 2.23. The van der Waals surface area contributed by atoms with Gasteiger partial charge in [-0.05, 0) is 25.2 Å². The molecule has 64 valence electrons. The summed E-state index contributed by atoms with van der Waals surface area (Å²) >= 11 is 0. The van der Waals surface area contributed by atoms with Crippen molar-refractivity contribution in [1.82, 2.24) is 4.90 Å². The predicted molar refractivity (Wildman–Crippen MR) is 45.2 cm³/mol. The van der Waals surface area contributed by atoms with Gasteiger partial charge in [0.2, 0.25) is 5.91 Å². The number of amides is 1. The molecule has 11 heavy (non-hydrogen) atoms. The van der Waals surface area contributed by atoms with Gasteiger partial charge < -0.3 is 4.90 Å². The molecule has 1 saturated carbocycles. The summed E-state index contributed by atoms with van der Waals surface area (Å²) in [4.78, 5) is 13.1. The summed E-state index contributed by atoms with van der Waals surface area (Å²) in [5, 5.41) is 0. The monoisotopic (exact) mass is 155 g/mol. The van der Waals surface area contributed by atoms with Crippen molar-refractivity contribution < 1.29 is 4.79 Å². The lowest BCUT2D eigenvalue weighted by atomic mass is 10.1. The SMILES string of the molecule is C[C@H]1CCC(C(=O)N(C)C)C1. The van der Waals surface area contributed by atoms with Gasteiger partial charge in [0.25, 0.3) is 0 Å². The summed E-state index contributed by atoms with van der Waals surface area (Å²) in [5.74, 6) is 1.39. The van der Waals surface area contributed by atoms with Gasteiger partial charge in [-0.25, -0.2) is 0 Å². The van der Waals surface area contributed by atoms with Crippen LogP contribution >= 0.6 is 0 Å². The lowest BCUT2D eigenvalue weighted by molar-refractivity contribution is -0.132. The van der Waals surface area contributed by atoms with E-state index in [-0.39, 0.29) is 0 Å². The van der Waals surface area contributed by atoms with Crippen molar-refractivity contribution >= 4 is 5.91 Å². The topological polar surface area (TPSA) is 20.3 Å². The Kier molecular flexibility index (Phi) is 2.53. The van der Waals surface area contributed by atoms with Crippen molar-refractivity contribution in [3.8, 4) is 0 Å². The molecule has 0 N–H and O–H groups in total. The summed E-state index contributed by atoms with van der Waals surface area (Å²) in [6.07, 6.45) is 3.42. The fourth-order valence-corrected chi connectivity index (χ4v) is 1.80. The van der Waals surface area contributed by atoms with Crippen molar-refractivity contribution in [3.63, 3.8) is 0 Å². The molecule has 1 unspecified atom stereocenters. The molecule has 0 saturated heterocycles. The van der Waals surface area contributed by atoms with Crippen molar-refractivity contribution in [3.05, 3.63) is 0 Å². The van der Waals surface area contributed by atoms with Gasteiger partial charge in [0.05, 0.1) is 0 Å². The second-order valence-corrected chi connectivity index (χ2v) is 3.85. The molecule has 1 amide bonds. The van der Waals surface area contributed by atoms with E-state index < -0.39 is 0 Å². The highest BCUT2D eigenvalue weighted by molar-refractivity contribution is 5.78. The van der Waals surface area contributed by atoms with Gasteiger partial charge in [0.1, 0.15) is 0 Å². The van der Waals surface area contributed by atoms with E-state index in [1.54, 1.807) is 4.90 Å². The van der Waals surface area contributed by atoms with Gasteiger partial charge >= 0.3 is 0 Å². The Morgan fingerprint density at radius 1 is 1.36 bits per heavy atom. The first-order valence-corrected chi connectivity index (χ1v) is 4.32. The smallest absolute Gasteiger partial charge is 0.225 e. The first-order valence-electron chi connectivity index (χ1n) is 4.32. The molecule has 2 nitrogen and oxygen atoms in total. The summed E-state index contributed by atoms with van der Waals surface area (Å²) in [6, 6.07) is 0. The molecule has 0 spiro atoms. The molecular formula is C9H17NO. The minimum Gasteiger partial charge on any atom is -0.349 e. The van der Waals surface area contributed by atoms with E-state index in [4.69, 9.17) is 0 Å². The highest BCUT2D eigenvalue weighted by atomic mass is 16.2. The van der Waals surface area contributed by atoms with E-state index >= 15 is 0 Å². The van der Waals surface area contributed by atoms with E-state index in [0.717, 1.165) is 18.8 Å². The molecule has 0 heterocycles. The molecule has 0 aliphatic heterocycles. The van der Waals surface area contributed by atoms with Crippen LogP contribution in [0.25, 0.3) is 0 Å². The number of nitrogens with zero attached hydrogens (tertiary/aromatic N) is 1. The predicted octanol–water partition coefficient (Wildman–Crippen LogP) is 1.51. The molecule has 1 rings (SSSR count). The average Bonchev–Trinajstić information content (AvgIpc) is 2.34. The van der Waals surface area contributed by atoms with Crippen LogP contribution in [-0.2, 0) is 4.79 Å². The molecule has 1 fully saturated rings. The molecule has 0 aromatic heterocycles. The van der Waals surface area contributed by atoms with Crippen LogP contribution in [0.4, 0.5) is 0 Å². The van der Waals surface area contributed by atoms with Gasteiger partial charge in [0, 0.05) is 20.0 Å². The second-order valence-electron chi connectivity index (χ2n) is 3.85. The Labute approximate surface area is 68.6 Å². The van der Waals surface area contributed by atoms with Crippen molar-refractivity contribution in [1.29, 1.82) is 0 Å². The molecule has 0 aromatic carbocycles. The molecular weight excluding hydrogens is 138 g/mol. The van der Waals surface area contributed by atoms with Crippen molar-refractivity contribution in [2.24, 2.45) is 11.8 Å². The van der Waals surface area contributed by atoms with Crippen molar-refractivity contribution in [2.45, 2.75) is 26.2 Å². The number of hydrogen-bond donors (Lipinski definition) is 0. The quantitative estimate of drug-likeness (QED) is 0.562. The first-order chi connectivity index (χ1) is 5.11. The molecule has 1 aliphatic carbocycles. The maximum Gasteiger partial charge on any atom is 0.225 e. The first kappa shape index (κ1) is 8.57. The number of rotatable bonds is 1. The van der Waals surface area contributed by atoms with Crippen LogP contribution in [0, 0.1) is 11.8 Å². The van der Waals surface area contributed by atoms with Crippen LogP contribution < -0.4 is 0 Å². The van der Waals surface area contributed by atoms with Gasteiger partial charge in [-0.2, -0.15) is 0 Å². The van der Waals surface area contributed by atoms with Crippen LogP contribution in [0.3, 0.4) is 0 Å². The molecule has 0 bridgehead atoms. The van der Waals surface area contributed by atoms with E-state index in [2.05, 4.69) is 6.92 Å². The van der Waals surface area contributed by atoms with Gasteiger partial charge in [-0.1, -0.05) is 6.92 Å². The zero-order valence-electron chi connectivity index (χ0n) is 7.63. The van der Waals surface area contributed by atoms with Gasteiger partial charge in [-0.15, -0.1) is 0 Å². The Morgan fingerprint density at radius 3 is 2.36 bits per heavy atom. The zero-order valence-corrected chi connectivity index (χ0v) is 7.63. The average molecular weight is 155 g/mol. The minimum absolute atomic E-state index is 0.314. The summed E-state index contributed by atoms with van der Waals surface area (Å²) < 4.78 is 0. The largest absolute Gasteiger partial charge is 0.349 e.